The SMILES string of the molecule is CC(C)c1cccc([C@@H]2CN[C@@H](C(=O)N[C@@H](C)C(=O)NCc3cc(Cl)cnc3N)C2)c1. The lowest BCUT2D eigenvalue weighted by molar-refractivity contribution is -0.129. The van der Waals surface area contributed by atoms with Crippen LogP contribution in [0.5, 0.6) is 0 Å². The number of rotatable bonds is 7. The van der Waals surface area contributed by atoms with Crippen LogP contribution < -0.4 is 21.7 Å². The van der Waals surface area contributed by atoms with Crippen LogP contribution in [0.25, 0.3) is 0 Å². The Morgan fingerprint density at radius 1 is 1.29 bits per heavy atom. The second kappa shape index (κ2) is 10.1. The van der Waals surface area contributed by atoms with Crippen molar-refractivity contribution in [3.05, 3.63) is 58.2 Å². The molecule has 8 heteroatoms. The van der Waals surface area contributed by atoms with Crippen molar-refractivity contribution in [1.29, 1.82) is 0 Å². The molecule has 3 rings (SSSR count). The van der Waals surface area contributed by atoms with Crippen LogP contribution in [0.4, 0.5) is 5.82 Å². The summed E-state index contributed by atoms with van der Waals surface area (Å²) in [7, 11) is 0. The summed E-state index contributed by atoms with van der Waals surface area (Å²) < 4.78 is 0. The number of hydrogen-bond acceptors (Lipinski definition) is 5. The van der Waals surface area contributed by atoms with E-state index in [1.807, 2.05) is 0 Å². The van der Waals surface area contributed by atoms with Crippen molar-refractivity contribution < 1.29 is 9.59 Å². The van der Waals surface area contributed by atoms with Crippen LogP contribution in [0.3, 0.4) is 0 Å². The van der Waals surface area contributed by atoms with E-state index in [9.17, 15) is 9.59 Å². The van der Waals surface area contributed by atoms with Crippen LogP contribution in [0.1, 0.15) is 55.7 Å². The predicted octanol–water partition coefficient (Wildman–Crippen LogP) is 2.71. The Morgan fingerprint density at radius 3 is 2.81 bits per heavy atom. The van der Waals surface area contributed by atoms with Gasteiger partial charge in [-0.1, -0.05) is 49.7 Å². The lowest BCUT2D eigenvalue weighted by atomic mass is 9.92. The molecule has 166 valence electrons. The number of halogens is 1. The summed E-state index contributed by atoms with van der Waals surface area (Å²) in [5, 5.41) is 9.29. The number of carbonyl (C=O) groups excluding carboxylic acids is 2. The first-order chi connectivity index (χ1) is 14.7. The van der Waals surface area contributed by atoms with Gasteiger partial charge in [-0.3, -0.25) is 9.59 Å². The van der Waals surface area contributed by atoms with Gasteiger partial charge in [-0.25, -0.2) is 4.98 Å². The van der Waals surface area contributed by atoms with E-state index >= 15 is 0 Å². The fourth-order valence-electron chi connectivity index (χ4n) is 3.71. The van der Waals surface area contributed by atoms with Crippen molar-refractivity contribution in [1.82, 2.24) is 20.9 Å². The summed E-state index contributed by atoms with van der Waals surface area (Å²) in [5.41, 5.74) is 8.97. The summed E-state index contributed by atoms with van der Waals surface area (Å²) in [6.07, 6.45) is 2.15. The van der Waals surface area contributed by atoms with Crippen molar-refractivity contribution in [2.45, 2.75) is 57.7 Å². The zero-order valence-corrected chi connectivity index (χ0v) is 18.9. The monoisotopic (exact) mass is 443 g/mol. The van der Waals surface area contributed by atoms with Gasteiger partial charge in [0.2, 0.25) is 11.8 Å². The molecule has 7 nitrogen and oxygen atoms in total. The summed E-state index contributed by atoms with van der Waals surface area (Å²) in [4.78, 5) is 29.1. The Morgan fingerprint density at radius 2 is 2.06 bits per heavy atom. The summed E-state index contributed by atoms with van der Waals surface area (Å²) in [6.45, 7) is 6.93. The Kier molecular flexibility index (Phi) is 7.51. The minimum Gasteiger partial charge on any atom is -0.383 e. The molecule has 3 atom stereocenters. The average Bonchev–Trinajstić information content (AvgIpc) is 3.24. The molecule has 1 aliphatic heterocycles. The zero-order chi connectivity index (χ0) is 22.5. The third kappa shape index (κ3) is 5.95. The third-order valence-corrected chi connectivity index (χ3v) is 5.88. The summed E-state index contributed by atoms with van der Waals surface area (Å²) in [6, 6.07) is 9.21. The predicted molar refractivity (Wildman–Crippen MR) is 123 cm³/mol. The molecule has 0 unspecified atom stereocenters. The van der Waals surface area contributed by atoms with Crippen molar-refractivity contribution in [3.8, 4) is 0 Å². The highest BCUT2D eigenvalue weighted by Gasteiger charge is 2.31. The first-order valence-corrected chi connectivity index (χ1v) is 10.9. The highest BCUT2D eigenvalue weighted by Crippen LogP contribution is 2.28. The van der Waals surface area contributed by atoms with Gasteiger partial charge in [0.05, 0.1) is 11.1 Å². The lowest BCUT2D eigenvalue weighted by Crippen LogP contribution is -2.49. The van der Waals surface area contributed by atoms with Gasteiger partial charge in [0.1, 0.15) is 11.9 Å². The second-order valence-corrected chi connectivity index (χ2v) is 8.80. The van der Waals surface area contributed by atoms with E-state index in [2.05, 4.69) is 59.0 Å². The number of benzene rings is 1. The first kappa shape index (κ1) is 23.0. The topological polar surface area (TPSA) is 109 Å². The van der Waals surface area contributed by atoms with Crippen LogP contribution in [0.15, 0.2) is 36.5 Å². The van der Waals surface area contributed by atoms with E-state index in [1.54, 1.807) is 13.0 Å². The van der Waals surface area contributed by atoms with E-state index in [0.717, 1.165) is 6.54 Å². The van der Waals surface area contributed by atoms with E-state index < -0.39 is 6.04 Å². The summed E-state index contributed by atoms with van der Waals surface area (Å²) in [5.74, 6) is 0.577. The molecule has 2 amide bonds. The smallest absolute Gasteiger partial charge is 0.242 e. The van der Waals surface area contributed by atoms with Crippen molar-refractivity contribution >= 4 is 29.2 Å². The third-order valence-electron chi connectivity index (χ3n) is 5.67. The Balaban J connectivity index is 1.51. The van der Waals surface area contributed by atoms with Crippen LogP contribution >= 0.6 is 11.6 Å². The number of nitrogen functional groups attached to an aromatic ring is 1. The highest BCUT2D eigenvalue weighted by atomic mass is 35.5. The van der Waals surface area contributed by atoms with Crippen molar-refractivity contribution in [2.75, 3.05) is 12.3 Å². The molecular weight excluding hydrogens is 414 g/mol. The molecule has 1 aromatic carbocycles. The van der Waals surface area contributed by atoms with E-state index in [4.69, 9.17) is 17.3 Å². The largest absolute Gasteiger partial charge is 0.383 e. The molecule has 1 aliphatic rings. The number of carbonyl (C=O) groups is 2. The molecule has 2 aromatic rings. The quantitative estimate of drug-likeness (QED) is 0.526. The van der Waals surface area contributed by atoms with Gasteiger partial charge in [0.25, 0.3) is 0 Å². The molecule has 31 heavy (non-hydrogen) atoms. The van der Waals surface area contributed by atoms with E-state index in [1.165, 1.54) is 17.3 Å². The summed E-state index contributed by atoms with van der Waals surface area (Å²) >= 11 is 5.92. The molecular formula is C23H30ClN5O2. The van der Waals surface area contributed by atoms with Gasteiger partial charge in [0, 0.05) is 24.8 Å². The van der Waals surface area contributed by atoms with Crippen LogP contribution in [-0.4, -0.2) is 35.4 Å². The van der Waals surface area contributed by atoms with E-state index in [0.29, 0.717) is 28.7 Å². The molecule has 1 aromatic heterocycles. The van der Waals surface area contributed by atoms with Gasteiger partial charge < -0.3 is 21.7 Å². The number of nitrogens with two attached hydrogens (primary N) is 1. The number of aromatic nitrogens is 1. The number of pyridine rings is 1. The first-order valence-electron chi connectivity index (χ1n) is 10.6. The highest BCUT2D eigenvalue weighted by molar-refractivity contribution is 6.30. The van der Waals surface area contributed by atoms with Gasteiger partial charge in [-0.05, 0) is 42.4 Å². The fraction of sp³-hybridized carbons (Fsp3) is 0.435. The van der Waals surface area contributed by atoms with Gasteiger partial charge in [0.15, 0.2) is 0 Å². The normalized spacial score (nSPS) is 19.3. The minimum atomic E-state index is -0.675. The Labute approximate surface area is 188 Å². The number of anilines is 1. The molecule has 2 heterocycles. The van der Waals surface area contributed by atoms with Crippen LogP contribution in [0, 0.1) is 0 Å². The number of nitrogens with zero attached hydrogens (tertiary/aromatic N) is 1. The maximum Gasteiger partial charge on any atom is 0.242 e. The van der Waals surface area contributed by atoms with Crippen molar-refractivity contribution in [3.63, 3.8) is 0 Å². The zero-order valence-electron chi connectivity index (χ0n) is 18.1. The minimum absolute atomic E-state index is 0.172. The molecule has 0 saturated carbocycles. The van der Waals surface area contributed by atoms with Gasteiger partial charge >= 0.3 is 0 Å². The number of amides is 2. The van der Waals surface area contributed by atoms with Crippen LogP contribution in [0.2, 0.25) is 5.02 Å². The van der Waals surface area contributed by atoms with Gasteiger partial charge in [-0.15, -0.1) is 0 Å². The lowest BCUT2D eigenvalue weighted by Gasteiger charge is -2.18. The van der Waals surface area contributed by atoms with Crippen LogP contribution in [-0.2, 0) is 16.1 Å². The Hall–Kier alpha value is -2.64. The molecule has 0 bridgehead atoms. The average molecular weight is 444 g/mol. The number of nitrogens with one attached hydrogen (secondary N) is 3. The second-order valence-electron chi connectivity index (χ2n) is 8.36. The Bertz CT molecular complexity index is 949. The fourth-order valence-corrected chi connectivity index (χ4v) is 3.89. The van der Waals surface area contributed by atoms with Crippen molar-refractivity contribution in [2.24, 2.45) is 0 Å². The molecule has 1 saturated heterocycles. The maximum atomic E-state index is 12.7. The molecule has 0 aliphatic carbocycles. The molecule has 0 radical (unpaired) electrons. The molecule has 0 spiro atoms. The molecule has 1 fully saturated rings. The number of hydrogen-bond donors (Lipinski definition) is 4. The molecule has 5 N–H and O–H groups in total. The van der Waals surface area contributed by atoms with Gasteiger partial charge in [-0.2, -0.15) is 0 Å². The van der Waals surface area contributed by atoms with E-state index in [-0.39, 0.29) is 30.3 Å². The maximum absolute atomic E-state index is 12.7. The standard InChI is InChI=1S/C23H30ClN5O2/c1-13(2)15-5-4-6-16(7-15)17-9-20(26-10-17)23(31)29-14(3)22(30)28-11-18-8-19(24)12-27-21(18)25/h4-8,12-14,17,20,26H,9-11H2,1-3H3,(H2,25,27)(H,28,30)(H,29,31)/t14-,17-,20+/m0/s1.